The van der Waals surface area contributed by atoms with Gasteiger partial charge < -0.3 is 10.5 Å². The van der Waals surface area contributed by atoms with Gasteiger partial charge in [-0.05, 0) is 6.92 Å². The molecule has 2 heterocycles. The van der Waals surface area contributed by atoms with Crippen molar-refractivity contribution in [2.24, 2.45) is 7.05 Å². The van der Waals surface area contributed by atoms with E-state index >= 15 is 0 Å². The summed E-state index contributed by atoms with van der Waals surface area (Å²) in [5, 5.41) is 5.50. The summed E-state index contributed by atoms with van der Waals surface area (Å²) in [5.74, 6) is 0.00996. The van der Waals surface area contributed by atoms with E-state index in [1.54, 1.807) is 19.0 Å². The van der Waals surface area contributed by atoms with Crippen LogP contribution < -0.4 is 10.6 Å². The van der Waals surface area contributed by atoms with Gasteiger partial charge in [-0.2, -0.15) is 5.10 Å². The van der Waals surface area contributed by atoms with Crippen molar-refractivity contribution in [3.05, 3.63) is 5.69 Å². The van der Waals surface area contributed by atoms with Crippen molar-refractivity contribution < 1.29 is 13.2 Å². The minimum Gasteiger partial charge on any atom is -0.381 e. The number of anilines is 1. The molecule has 0 unspecified atom stereocenters. The highest BCUT2D eigenvalue weighted by molar-refractivity contribution is 7.89. The molecule has 0 spiro atoms. The Kier molecular flexibility index (Phi) is 3.57. The highest BCUT2D eigenvalue weighted by Crippen LogP contribution is 2.21. The fraction of sp³-hybridized carbons (Fsp3) is 0.667. The maximum absolute atomic E-state index is 12.2. The van der Waals surface area contributed by atoms with Gasteiger partial charge in [-0.1, -0.05) is 0 Å². The van der Waals surface area contributed by atoms with Gasteiger partial charge in [0.05, 0.1) is 18.9 Å². The summed E-state index contributed by atoms with van der Waals surface area (Å²) >= 11 is 0. The Morgan fingerprint density at radius 1 is 1.39 bits per heavy atom. The zero-order valence-corrected chi connectivity index (χ0v) is 11.2. The second-order valence-electron chi connectivity index (χ2n) is 4.12. The van der Waals surface area contributed by atoms with E-state index in [9.17, 15) is 8.42 Å². The standard InChI is InChI=1S/C9H17N5O3S/c1-7-8(9(10)11-13(7)2)18(15,16)12-14-3-5-17-6-4-14/h12H,3-6H2,1-2H3,(H2,10,11). The van der Waals surface area contributed by atoms with Crippen LogP contribution in [0.5, 0.6) is 0 Å². The second-order valence-corrected chi connectivity index (χ2v) is 5.72. The van der Waals surface area contributed by atoms with Crippen LogP contribution in [0.3, 0.4) is 0 Å². The van der Waals surface area contributed by atoms with Crippen LogP contribution in [0.1, 0.15) is 5.69 Å². The molecule has 1 aliphatic heterocycles. The fourth-order valence-electron chi connectivity index (χ4n) is 1.82. The summed E-state index contributed by atoms with van der Waals surface area (Å²) in [5.41, 5.74) is 6.15. The number of aromatic nitrogens is 2. The van der Waals surface area contributed by atoms with Crippen LogP contribution in [0, 0.1) is 6.92 Å². The Bertz CT molecular complexity index is 533. The Balaban J connectivity index is 2.24. The van der Waals surface area contributed by atoms with Crippen molar-refractivity contribution >= 4 is 15.8 Å². The van der Waals surface area contributed by atoms with Crippen molar-refractivity contribution in [1.82, 2.24) is 19.6 Å². The molecule has 1 aromatic heterocycles. The summed E-state index contributed by atoms with van der Waals surface area (Å²) in [6.07, 6.45) is 0. The predicted molar refractivity (Wildman–Crippen MR) is 65.1 cm³/mol. The monoisotopic (exact) mass is 275 g/mol. The SMILES string of the molecule is Cc1c(S(=O)(=O)NN2CCOCC2)c(N)nn1C. The largest absolute Gasteiger partial charge is 0.381 e. The number of nitrogens with one attached hydrogen (secondary N) is 1. The van der Waals surface area contributed by atoms with Crippen molar-refractivity contribution in [2.75, 3.05) is 32.0 Å². The summed E-state index contributed by atoms with van der Waals surface area (Å²) in [7, 11) is -2.04. The minimum atomic E-state index is -3.69. The molecule has 0 atom stereocenters. The lowest BCUT2D eigenvalue weighted by molar-refractivity contribution is 0.0272. The molecule has 18 heavy (non-hydrogen) atoms. The third-order valence-corrected chi connectivity index (χ3v) is 4.37. The molecule has 1 saturated heterocycles. The predicted octanol–water partition coefficient (Wildman–Crippen LogP) is -1.16. The van der Waals surface area contributed by atoms with Crippen LogP contribution in [-0.4, -0.2) is 49.5 Å². The molecule has 0 saturated carbocycles. The number of hydrogen-bond acceptors (Lipinski definition) is 6. The molecule has 0 radical (unpaired) electrons. The molecule has 1 fully saturated rings. The number of aryl methyl sites for hydroxylation is 1. The lowest BCUT2D eigenvalue weighted by Crippen LogP contribution is -2.48. The first-order chi connectivity index (χ1) is 8.42. The number of rotatable bonds is 3. The number of nitrogens with two attached hydrogens (primary N) is 1. The summed E-state index contributed by atoms with van der Waals surface area (Å²) in [6, 6.07) is 0. The Morgan fingerprint density at radius 3 is 2.50 bits per heavy atom. The highest BCUT2D eigenvalue weighted by Gasteiger charge is 2.27. The van der Waals surface area contributed by atoms with E-state index in [-0.39, 0.29) is 10.7 Å². The van der Waals surface area contributed by atoms with Gasteiger partial charge in [0.2, 0.25) is 0 Å². The molecule has 102 valence electrons. The average molecular weight is 275 g/mol. The van der Waals surface area contributed by atoms with Crippen LogP contribution in [0.15, 0.2) is 4.90 Å². The van der Waals surface area contributed by atoms with Crippen LogP contribution in [0.4, 0.5) is 5.82 Å². The van der Waals surface area contributed by atoms with Crippen LogP contribution in [0.25, 0.3) is 0 Å². The lowest BCUT2D eigenvalue weighted by Gasteiger charge is -2.26. The van der Waals surface area contributed by atoms with E-state index in [2.05, 4.69) is 9.93 Å². The number of sulfonamides is 1. The van der Waals surface area contributed by atoms with Crippen LogP contribution in [-0.2, 0) is 21.8 Å². The molecule has 0 amide bonds. The zero-order valence-electron chi connectivity index (χ0n) is 10.4. The van der Waals surface area contributed by atoms with Gasteiger partial charge in [0.1, 0.15) is 4.90 Å². The summed E-state index contributed by atoms with van der Waals surface area (Å²) < 4.78 is 31.1. The van der Waals surface area contributed by atoms with Gasteiger partial charge >= 0.3 is 0 Å². The van der Waals surface area contributed by atoms with Crippen molar-refractivity contribution in [1.29, 1.82) is 0 Å². The van der Waals surface area contributed by atoms with Gasteiger partial charge in [-0.3, -0.25) is 4.68 Å². The molecule has 0 aliphatic carbocycles. The van der Waals surface area contributed by atoms with Gasteiger partial charge in [-0.25, -0.2) is 13.4 Å². The van der Waals surface area contributed by atoms with E-state index in [0.717, 1.165) is 0 Å². The highest BCUT2D eigenvalue weighted by atomic mass is 32.2. The molecule has 1 aromatic rings. The van der Waals surface area contributed by atoms with E-state index in [1.165, 1.54) is 4.68 Å². The maximum atomic E-state index is 12.2. The number of ether oxygens (including phenoxy) is 1. The molecule has 9 heteroatoms. The van der Waals surface area contributed by atoms with Gasteiger partial charge in [0.15, 0.2) is 5.82 Å². The molecule has 0 bridgehead atoms. The van der Waals surface area contributed by atoms with Gasteiger partial charge in [-0.15, -0.1) is 4.83 Å². The minimum absolute atomic E-state index is 0.00996. The second kappa shape index (κ2) is 4.84. The first-order valence-corrected chi connectivity index (χ1v) is 7.04. The van der Waals surface area contributed by atoms with E-state index in [0.29, 0.717) is 32.0 Å². The fourth-order valence-corrected chi connectivity index (χ4v) is 3.27. The third kappa shape index (κ3) is 2.48. The normalized spacial score (nSPS) is 18.1. The first-order valence-electron chi connectivity index (χ1n) is 5.56. The van der Waals surface area contributed by atoms with Crippen LogP contribution in [0.2, 0.25) is 0 Å². The number of nitrogens with zero attached hydrogens (tertiary/aromatic N) is 3. The summed E-state index contributed by atoms with van der Waals surface area (Å²) in [6.45, 7) is 3.70. The lowest BCUT2D eigenvalue weighted by atomic mass is 10.5. The quantitative estimate of drug-likeness (QED) is 0.721. The molecular weight excluding hydrogens is 258 g/mol. The van der Waals surface area contributed by atoms with Crippen molar-refractivity contribution in [2.45, 2.75) is 11.8 Å². The third-order valence-electron chi connectivity index (χ3n) is 2.83. The van der Waals surface area contributed by atoms with Crippen LogP contribution >= 0.6 is 0 Å². The van der Waals surface area contributed by atoms with Crippen molar-refractivity contribution in [3.63, 3.8) is 0 Å². The van der Waals surface area contributed by atoms with E-state index in [4.69, 9.17) is 10.5 Å². The Morgan fingerprint density at radius 2 is 2.00 bits per heavy atom. The number of nitrogen functional groups attached to an aromatic ring is 1. The summed E-state index contributed by atoms with van der Waals surface area (Å²) in [4.78, 5) is 2.54. The maximum Gasteiger partial charge on any atom is 0.258 e. The Hall–Kier alpha value is -1.16. The number of hydrazine groups is 1. The smallest absolute Gasteiger partial charge is 0.258 e. The number of morpholine rings is 1. The zero-order chi connectivity index (χ0) is 13.3. The first kappa shape index (κ1) is 13.3. The van der Waals surface area contributed by atoms with Gasteiger partial charge in [0.25, 0.3) is 10.0 Å². The van der Waals surface area contributed by atoms with Crippen molar-refractivity contribution in [3.8, 4) is 0 Å². The molecule has 8 nitrogen and oxygen atoms in total. The molecule has 3 N–H and O–H groups in total. The molecule has 0 aromatic carbocycles. The number of hydrogen-bond donors (Lipinski definition) is 2. The van der Waals surface area contributed by atoms with E-state index in [1.807, 2.05) is 0 Å². The average Bonchev–Trinajstić information content (AvgIpc) is 2.54. The Labute approximate surface area is 106 Å². The van der Waals surface area contributed by atoms with Gasteiger partial charge in [0, 0.05) is 20.1 Å². The topological polar surface area (TPSA) is 102 Å². The molecular formula is C9H17N5O3S. The molecule has 1 aliphatic rings. The van der Waals surface area contributed by atoms with E-state index < -0.39 is 10.0 Å². The molecule has 2 rings (SSSR count).